The summed E-state index contributed by atoms with van der Waals surface area (Å²) >= 11 is 0. The highest BCUT2D eigenvalue weighted by atomic mass is 35.5. The van der Waals surface area contributed by atoms with Crippen LogP contribution in [-0.4, -0.2) is 11.9 Å². The largest absolute Gasteiger partial charge is 0.351 e. The Kier molecular flexibility index (Phi) is 8.42. The normalized spacial score (nSPS) is 11.5. The summed E-state index contributed by atoms with van der Waals surface area (Å²) < 4.78 is 0. The maximum atomic E-state index is 11.7. The van der Waals surface area contributed by atoms with Gasteiger partial charge in [0.05, 0.1) is 6.04 Å². The average molecular weight is 271 g/mol. The minimum Gasteiger partial charge on any atom is -0.351 e. The molecule has 0 aliphatic rings. The molecule has 0 bridgehead atoms. The van der Waals surface area contributed by atoms with Gasteiger partial charge in [-0.15, -0.1) is 12.4 Å². The van der Waals surface area contributed by atoms with Crippen molar-refractivity contribution in [2.45, 2.75) is 45.7 Å². The van der Waals surface area contributed by atoms with Gasteiger partial charge in [0.1, 0.15) is 0 Å². The van der Waals surface area contributed by atoms with Crippen LogP contribution in [0.15, 0.2) is 24.3 Å². The molecule has 18 heavy (non-hydrogen) atoms. The maximum Gasteiger partial charge on any atom is 0.237 e. The van der Waals surface area contributed by atoms with Gasteiger partial charge in [0, 0.05) is 6.54 Å². The monoisotopic (exact) mass is 270 g/mol. The Balaban J connectivity index is 0.00000289. The molecule has 1 aromatic carbocycles. The van der Waals surface area contributed by atoms with Crippen molar-refractivity contribution in [2.75, 3.05) is 0 Å². The molecule has 4 heteroatoms. The van der Waals surface area contributed by atoms with Crippen molar-refractivity contribution in [3.8, 4) is 0 Å². The van der Waals surface area contributed by atoms with E-state index in [-0.39, 0.29) is 24.4 Å². The fourth-order valence-corrected chi connectivity index (χ4v) is 1.83. The molecule has 102 valence electrons. The van der Waals surface area contributed by atoms with Crippen molar-refractivity contribution in [1.29, 1.82) is 0 Å². The first-order valence-electron chi connectivity index (χ1n) is 6.29. The topological polar surface area (TPSA) is 55.1 Å². The summed E-state index contributed by atoms with van der Waals surface area (Å²) in [4.78, 5) is 11.7. The van der Waals surface area contributed by atoms with Gasteiger partial charge in [-0.3, -0.25) is 4.79 Å². The van der Waals surface area contributed by atoms with Crippen LogP contribution in [0.3, 0.4) is 0 Å². The zero-order valence-electron chi connectivity index (χ0n) is 11.1. The van der Waals surface area contributed by atoms with E-state index in [0.29, 0.717) is 6.54 Å². The second-order valence-corrected chi connectivity index (χ2v) is 4.24. The van der Waals surface area contributed by atoms with E-state index in [1.54, 1.807) is 0 Å². The minimum absolute atomic E-state index is 0. The van der Waals surface area contributed by atoms with E-state index in [0.717, 1.165) is 19.3 Å². The van der Waals surface area contributed by atoms with Gasteiger partial charge in [-0.05, 0) is 24.0 Å². The van der Waals surface area contributed by atoms with Crippen molar-refractivity contribution in [2.24, 2.45) is 5.73 Å². The number of rotatable bonds is 6. The second-order valence-electron chi connectivity index (χ2n) is 4.24. The molecular weight excluding hydrogens is 248 g/mol. The SMILES string of the molecule is CCCC(N)C(=O)NCc1ccccc1CC.Cl. The summed E-state index contributed by atoms with van der Waals surface area (Å²) in [5.41, 5.74) is 8.20. The van der Waals surface area contributed by atoms with E-state index in [1.165, 1.54) is 11.1 Å². The minimum atomic E-state index is -0.381. The molecule has 1 rings (SSSR count). The number of amides is 1. The Bertz CT molecular complexity index is 369. The van der Waals surface area contributed by atoms with Crippen LogP contribution in [0, 0.1) is 0 Å². The fourth-order valence-electron chi connectivity index (χ4n) is 1.83. The number of nitrogens with one attached hydrogen (secondary N) is 1. The molecule has 1 atom stereocenters. The first kappa shape index (κ1) is 16.9. The van der Waals surface area contributed by atoms with Crippen molar-refractivity contribution in [1.82, 2.24) is 5.32 Å². The van der Waals surface area contributed by atoms with E-state index in [9.17, 15) is 4.79 Å². The lowest BCUT2D eigenvalue weighted by Gasteiger charge is -2.13. The van der Waals surface area contributed by atoms with E-state index in [4.69, 9.17) is 5.73 Å². The van der Waals surface area contributed by atoms with E-state index >= 15 is 0 Å². The highest BCUT2D eigenvalue weighted by Gasteiger charge is 2.11. The highest BCUT2D eigenvalue weighted by molar-refractivity contribution is 5.85. The third-order valence-corrected chi connectivity index (χ3v) is 2.89. The van der Waals surface area contributed by atoms with Crippen LogP contribution < -0.4 is 11.1 Å². The number of carbonyl (C=O) groups is 1. The van der Waals surface area contributed by atoms with Gasteiger partial charge in [-0.25, -0.2) is 0 Å². The van der Waals surface area contributed by atoms with Crippen LogP contribution >= 0.6 is 12.4 Å². The number of nitrogens with two attached hydrogens (primary N) is 1. The van der Waals surface area contributed by atoms with Gasteiger partial charge in [-0.2, -0.15) is 0 Å². The smallest absolute Gasteiger partial charge is 0.237 e. The Morgan fingerprint density at radius 1 is 1.28 bits per heavy atom. The molecular formula is C14H23ClN2O. The Labute approximate surface area is 116 Å². The molecule has 0 aromatic heterocycles. The Hall–Kier alpha value is -1.06. The van der Waals surface area contributed by atoms with E-state index < -0.39 is 0 Å². The first-order chi connectivity index (χ1) is 8.19. The van der Waals surface area contributed by atoms with Gasteiger partial charge >= 0.3 is 0 Å². The number of benzene rings is 1. The Morgan fingerprint density at radius 2 is 1.89 bits per heavy atom. The van der Waals surface area contributed by atoms with Gasteiger partial charge in [0.2, 0.25) is 5.91 Å². The lowest BCUT2D eigenvalue weighted by Crippen LogP contribution is -2.40. The number of hydrogen-bond acceptors (Lipinski definition) is 2. The predicted octanol–water partition coefficient (Wildman–Crippen LogP) is 2.41. The molecule has 0 fully saturated rings. The molecule has 0 aliphatic heterocycles. The molecule has 3 N–H and O–H groups in total. The molecule has 0 heterocycles. The molecule has 1 unspecified atom stereocenters. The third kappa shape index (κ3) is 5.07. The van der Waals surface area contributed by atoms with Gasteiger partial charge in [-0.1, -0.05) is 44.5 Å². The number of hydrogen-bond donors (Lipinski definition) is 2. The van der Waals surface area contributed by atoms with Crippen LogP contribution in [0.25, 0.3) is 0 Å². The van der Waals surface area contributed by atoms with E-state index in [1.807, 2.05) is 25.1 Å². The number of aryl methyl sites for hydroxylation is 1. The third-order valence-electron chi connectivity index (χ3n) is 2.89. The quantitative estimate of drug-likeness (QED) is 0.834. The molecule has 0 spiro atoms. The molecule has 0 aliphatic carbocycles. The van der Waals surface area contributed by atoms with Gasteiger partial charge in [0.25, 0.3) is 0 Å². The summed E-state index contributed by atoms with van der Waals surface area (Å²) in [6, 6.07) is 7.77. The lowest BCUT2D eigenvalue weighted by atomic mass is 10.1. The first-order valence-corrected chi connectivity index (χ1v) is 6.29. The van der Waals surface area contributed by atoms with Gasteiger partial charge in [0.15, 0.2) is 0 Å². The standard InChI is InChI=1S/C14H22N2O.ClH/c1-3-7-13(15)14(17)16-10-12-9-6-5-8-11(12)4-2;/h5-6,8-9,13H,3-4,7,10,15H2,1-2H3,(H,16,17);1H. The summed E-state index contributed by atoms with van der Waals surface area (Å²) in [7, 11) is 0. The zero-order valence-corrected chi connectivity index (χ0v) is 11.9. The highest BCUT2D eigenvalue weighted by Crippen LogP contribution is 2.09. The summed E-state index contributed by atoms with van der Waals surface area (Å²) in [6.07, 6.45) is 2.65. The molecule has 1 amide bonds. The zero-order chi connectivity index (χ0) is 12.7. The van der Waals surface area contributed by atoms with E-state index in [2.05, 4.69) is 18.3 Å². The van der Waals surface area contributed by atoms with Crippen molar-refractivity contribution in [3.63, 3.8) is 0 Å². The second kappa shape index (κ2) is 8.95. The van der Waals surface area contributed by atoms with Crippen LogP contribution in [0.2, 0.25) is 0 Å². The summed E-state index contributed by atoms with van der Waals surface area (Å²) in [6.45, 7) is 4.71. The van der Waals surface area contributed by atoms with Crippen LogP contribution in [0.5, 0.6) is 0 Å². The number of carbonyl (C=O) groups excluding carboxylic acids is 1. The maximum absolute atomic E-state index is 11.7. The van der Waals surface area contributed by atoms with Gasteiger partial charge < -0.3 is 11.1 Å². The van der Waals surface area contributed by atoms with Crippen LogP contribution in [0.1, 0.15) is 37.8 Å². The van der Waals surface area contributed by atoms with Crippen LogP contribution in [0.4, 0.5) is 0 Å². The predicted molar refractivity (Wildman–Crippen MR) is 77.8 cm³/mol. The molecule has 1 aromatic rings. The molecule has 0 radical (unpaired) electrons. The summed E-state index contributed by atoms with van der Waals surface area (Å²) in [5, 5.41) is 2.89. The molecule has 3 nitrogen and oxygen atoms in total. The van der Waals surface area contributed by atoms with Crippen molar-refractivity contribution < 1.29 is 4.79 Å². The molecule has 0 saturated carbocycles. The van der Waals surface area contributed by atoms with Crippen molar-refractivity contribution in [3.05, 3.63) is 35.4 Å². The van der Waals surface area contributed by atoms with Crippen molar-refractivity contribution >= 4 is 18.3 Å². The lowest BCUT2D eigenvalue weighted by molar-refractivity contribution is -0.122. The number of halogens is 1. The average Bonchev–Trinajstić information content (AvgIpc) is 2.36. The fraction of sp³-hybridized carbons (Fsp3) is 0.500. The van der Waals surface area contributed by atoms with Crippen LogP contribution in [-0.2, 0) is 17.8 Å². The summed E-state index contributed by atoms with van der Waals surface area (Å²) in [5.74, 6) is -0.0576. The molecule has 0 saturated heterocycles. The Morgan fingerprint density at radius 3 is 2.44 bits per heavy atom.